The molecule has 0 bridgehead atoms. The molecule has 0 fully saturated rings. The summed E-state index contributed by atoms with van der Waals surface area (Å²) in [6.07, 6.45) is 1.07. The van der Waals surface area contributed by atoms with Gasteiger partial charge in [-0.05, 0) is 56.8 Å². The molecule has 0 saturated heterocycles. The number of hydrogen-bond donors (Lipinski definition) is 1. The van der Waals surface area contributed by atoms with E-state index in [4.69, 9.17) is 11.6 Å². The third-order valence-electron chi connectivity index (χ3n) is 5.62. The maximum atomic E-state index is 13.7. The fraction of sp³-hybridized carbons (Fsp3) is 0.333. The third-order valence-corrected chi connectivity index (χ3v) is 6.98. The van der Waals surface area contributed by atoms with Crippen LogP contribution in [0.4, 0.5) is 5.69 Å². The van der Waals surface area contributed by atoms with Crippen LogP contribution in [-0.4, -0.2) is 49.5 Å². The van der Waals surface area contributed by atoms with Crippen molar-refractivity contribution in [3.63, 3.8) is 0 Å². The molecule has 0 aliphatic heterocycles. The molecule has 36 heavy (non-hydrogen) atoms. The molecule has 9 heteroatoms. The van der Waals surface area contributed by atoms with Gasteiger partial charge in [-0.2, -0.15) is 0 Å². The van der Waals surface area contributed by atoms with Crippen LogP contribution in [0, 0.1) is 0 Å². The Bertz CT molecular complexity index is 1360. The topological polar surface area (TPSA) is 86.8 Å². The first-order valence-electron chi connectivity index (χ1n) is 11.6. The highest BCUT2D eigenvalue weighted by Crippen LogP contribution is 2.28. The number of nitrogens with zero attached hydrogens (tertiary/aromatic N) is 2. The summed E-state index contributed by atoms with van der Waals surface area (Å²) in [7, 11) is -3.83. The predicted octanol–water partition coefficient (Wildman–Crippen LogP) is 4.59. The number of benzene rings is 3. The van der Waals surface area contributed by atoms with E-state index < -0.39 is 34.1 Å². The number of carbonyl (C=O) groups is 2. The molecule has 0 saturated carbocycles. The van der Waals surface area contributed by atoms with Crippen molar-refractivity contribution in [2.24, 2.45) is 0 Å². The highest BCUT2D eigenvalue weighted by Gasteiger charge is 2.31. The molecule has 0 aliphatic rings. The Balaban J connectivity index is 2.00. The van der Waals surface area contributed by atoms with E-state index in [2.05, 4.69) is 5.32 Å². The van der Waals surface area contributed by atoms with Gasteiger partial charge in [-0.3, -0.25) is 13.9 Å². The van der Waals surface area contributed by atoms with Crippen LogP contribution >= 0.6 is 11.6 Å². The van der Waals surface area contributed by atoms with Crippen molar-refractivity contribution in [3.8, 4) is 0 Å². The lowest BCUT2D eigenvalue weighted by Gasteiger charge is -2.33. The van der Waals surface area contributed by atoms with Crippen molar-refractivity contribution in [1.29, 1.82) is 0 Å². The minimum Gasteiger partial charge on any atom is -0.350 e. The Morgan fingerprint density at radius 2 is 1.64 bits per heavy atom. The number of hydrogen-bond acceptors (Lipinski definition) is 4. The van der Waals surface area contributed by atoms with Crippen molar-refractivity contribution >= 4 is 49.9 Å². The van der Waals surface area contributed by atoms with Crippen molar-refractivity contribution in [2.75, 3.05) is 17.1 Å². The van der Waals surface area contributed by atoms with E-state index in [-0.39, 0.29) is 12.5 Å². The number of amides is 2. The van der Waals surface area contributed by atoms with Gasteiger partial charge in [0.2, 0.25) is 21.8 Å². The van der Waals surface area contributed by atoms with Crippen LogP contribution in [0.3, 0.4) is 0 Å². The zero-order valence-electron chi connectivity index (χ0n) is 21.2. The number of fused-ring (bicyclic) bond motifs is 1. The smallest absolute Gasteiger partial charge is 0.244 e. The Morgan fingerprint density at radius 3 is 2.28 bits per heavy atom. The largest absolute Gasteiger partial charge is 0.350 e. The van der Waals surface area contributed by atoms with Crippen molar-refractivity contribution in [3.05, 3.63) is 77.3 Å². The predicted molar refractivity (Wildman–Crippen MR) is 145 cm³/mol. The van der Waals surface area contributed by atoms with Crippen LogP contribution in [0.2, 0.25) is 5.02 Å². The van der Waals surface area contributed by atoms with E-state index in [1.807, 2.05) is 51.1 Å². The molecular formula is C27H32ClN3O4S. The molecule has 3 aromatic rings. The Labute approximate surface area is 218 Å². The number of halogens is 1. The van der Waals surface area contributed by atoms with Crippen LogP contribution in [0.5, 0.6) is 0 Å². The molecule has 0 heterocycles. The van der Waals surface area contributed by atoms with Gasteiger partial charge >= 0.3 is 0 Å². The van der Waals surface area contributed by atoms with Crippen molar-refractivity contribution in [1.82, 2.24) is 10.2 Å². The van der Waals surface area contributed by atoms with Gasteiger partial charge in [0.05, 0.1) is 11.9 Å². The van der Waals surface area contributed by atoms with E-state index in [1.54, 1.807) is 43.3 Å². The van der Waals surface area contributed by atoms with Gasteiger partial charge in [-0.15, -0.1) is 0 Å². The fourth-order valence-electron chi connectivity index (χ4n) is 3.91. The molecule has 0 aromatic heterocycles. The van der Waals surface area contributed by atoms with Gasteiger partial charge in [-0.1, -0.05) is 60.1 Å². The minimum atomic E-state index is -3.83. The van der Waals surface area contributed by atoms with Gasteiger partial charge in [0.15, 0.2) is 0 Å². The van der Waals surface area contributed by atoms with Crippen LogP contribution in [0.1, 0.15) is 33.3 Å². The van der Waals surface area contributed by atoms with E-state index >= 15 is 0 Å². The summed E-state index contributed by atoms with van der Waals surface area (Å²) in [5.74, 6) is -0.848. The average Bonchev–Trinajstić information content (AvgIpc) is 2.78. The zero-order valence-corrected chi connectivity index (χ0v) is 22.7. The molecule has 0 radical (unpaired) electrons. The van der Waals surface area contributed by atoms with E-state index in [9.17, 15) is 18.0 Å². The monoisotopic (exact) mass is 529 g/mol. The molecule has 2 amide bonds. The van der Waals surface area contributed by atoms with Crippen LogP contribution in [0.25, 0.3) is 10.8 Å². The minimum absolute atomic E-state index is 0.0886. The summed E-state index contributed by atoms with van der Waals surface area (Å²) in [6.45, 7) is 6.82. The Morgan fingerprint density at radius 1 is 1.00 bits per heavy atom. The first kappa shape index (κ1) is 27.5. The van der Waals surface area contributed by atoms with Crippen LogP contribution in [0.15, 0.2) is 66.7 Å². The number of sulfonamides is 1. The van der Waals surface area contributed by atoms with Gasteiger partial charge in [0.25, 0.3) is 0 Å². The molecule has 0 spiro atoms. The second-order valence-electron chi connectivity index (χ2n) is 9.83. The normalized spacial score (nSPS) is 12.7. The lowest BCUT2D eigenvalue weighted by Crippen LogP contribution is -2.54. The third kappa shape index (κ3) is 6.98. The summed E-state index contributed by atoms with van der Waals surface area (Å²) >= 11 is 6.15. The number of anilines is 1. The van der Waals surface area contributed by atoms with E-state index in [1.165, 1.54) is 4.90 Å². The number of nitrogens with one attached hydrogen (secondary N) is 1. The van der Waals surface area contributed by atoms with Crippen LogP contribution < -0.4 is 9.62 Å². The van der Waals surface area contributed by atoms with E-state index in [0.29, 0.717) is 16.1 Å². The van der Waals surface area contributed by atoms with Crippen molar-refractivity contribution in [2.45, 2.75) is 45.8 Å². The quantitative estimate of drug-likeness (QED) is 0.462. The molecule has 1 atom stereocenters. The first-order valence-corrected chi connectivity index (χ1v) is 13.8. The number of rotatable bonds is 8. The summed E-state index contributed by atoms with van der Waals surface area (Å²) < 4.78 is 26.9. The zero-order chi connectivity index (χ0) is 26.7. The van der Waals surface area contributed by atoms with Gasteiger partial charge in [0.1, 0.15) is 12.6 Å². The highest BCUT2D eigenvalue weighted by molar-refractivity contribution is 7.92. The molecule has 0 aliphatic carbocycles. The highest BCUT2D eigenvalue weighted by atomic mass is 35.5. The molecule has 1 N–H and O–H groups in total. The van der Waals surface area contributed by atoms with Gasteiger partial charge < -0.3 is 10.2 Å². The standard InChI is InChI=1S/C27H32ClN3O4S/c1-19(26(33)29-27(2,3)4)30(17-20-10-8-13-22(28)16-20)25(32)18-31(36(5,34)35)24-15-9-12-21-11-6-7-14-23(21)24/h6-16,19H,17-18H2,1-5H3,(H,29,33). The molecule has 192 valence electrons. The SMILES string of the molecule is CC(C(=O)NC(C)(C)C)N(Cc1cccc(Cl)c1)C(=O)CN(c1cccc2ccccc12)S(C)(=O)=O. The lowest BCUT2D eigenvalue weighted by atomic mass is 10.1. The van der Waals surface area contributed by atoms with Crippen LogP contribution in [-0.2, 0) is 26.2 Å². The summed E-state index contributed by atoms with van der Waals surface area (Å²) in [5, 5.41) is 4.96. The summed E-state index contributed by atoms with van der Waals surface area (Å²) in [5.41, 5.74) is 0.624. The second kappa shape index (κ2) is 10.9. The summed E-state index contributed by atoms with van der Waals surface area (Å²) in [6, 6.07) is 18.8. The molecule has 3 aromatic carbocycles. The molecule has 3 rings (SSSR count). The number of carbonyl (C=O) groups excluding carboxylic acids is 2. The fourth-order valence-corrected chi connectivity index (χ4v) is 4.98. The maximum absolute atomic E-state index is 13.7. The van der Waals surface area contributed by atoms with Crippen molar-refractivity contribution < 1.29 is 18.0 Å². The Hall–Kier alpha value is -3.10. The lowest BCUT2D eigenvalue weighted by molar-refractivity contribution is -0.140. The average molecular weight is 530 g/mol. The molecular weight excluding hydrogens is 498 g/mol. The Kier molecular flexibility index (Phi) is 8.31. The first-order chi connectivity index (χ1) is 16.8. The van der Waals surface area contributed by atoms with Gasteiger partial charge in [-0.25, -0.2) is 8.42 Å². The second-order valence-corrected chi connectivity index (χ2v) is 12.2. The molecule has 1 unspecified atom stereocenters. The maximum Gasteiger partial charge on any atom is 0.244 e. The summed E-state index contributed by atoms with van der Waals surface area (Å²) in [4.78, 5) is 28.1. The van der Waals surface area contributed by atoms with Gasteiger partial charge in [0, 0.05) is 22.5 Å². The molecule has 7 nitrogen and oxygen atoms in total. The van der Waals surface area contributed by atoms with E-state index in [0.717, 1.165) is 21.5 Å².